The Morgan fingerprint density at radius 2 is 2.08 bits per heavy atom. The molecule has 0 bridgehead atoms. The fourth-order valence-corrected chi connectivity index (χ4v) is 2.64. The zero-order valence-corrected chi connectivity index (χ0v) is 15.0. The van der Waals surface area contributed by atoms with Gasteiger partial charge in [0.15, 0.2) is 5.82 Å². The first-order chi connectivity index (χ1) is 12.0. The Kier molecular flexibility index (Phi) is 6.81. The second kappa shape index (κ2) is 8.84. The number of hydrogen-bond donors (Lipinski definition) is 0. The number of nitrogens with zero attached hydrogens (tertiary/aromatic N) is 5. The zero-order valence-electron chi connectivity index (χ0n) is 15.0. The molecule has 1 aromatic heterocycles. The maximum absolute atomic E-state index is 13.2. The number of ether oxygens (including phenoxy) is 1. The van der Waals surface area contributed by atoms with E-state index in [0.29, 0.717) is 37.9 Å². The molecular formula is C17H25F2N5O. The second-order valence-electron chi connectivity index (χ2n) is 5.82. The largest absolute Gasteiger partial charge is 0.378 e. The number of halogens is 2. The molecule has 1 saturated heterocycles. The molecule has 0 amide bonds. The fourth-order valence-electron chi connectivity index (χ4n) is 2.64. The van der Waals surface area contributed by atoms with Gasteiger partial charge in [-0.1, -0.05) is 13.5 Å². The van der Waals surface area contributed by atoms with Gasteiger partial charge in [0.1, 0.15) is 17.3 Å². The summed E-state index contributed by atoms with van der Waals surface area (Å²) in [5.41, 5.74) is -0.332. The van der Waals surface area contributed by atoms with Crippen LogP contribution in [0.25, 0.3) is 5.57 Å². The number of allylic oxidation sites excluding steroid dienone is 1. The molecule has 1 fully saturated rings. The van der Waals surface area contributed by atoms with E-state index in [1.807, 2.05) is 18.0 Å². The number of aromatic nitrogens is 2. The van der Waals surface area contributed by atoms with Gasteiger partial charge in [-0.2, -0.15) is 0 Å². The molecule has 0 spiro atoms. The van der Waals surface area contributed by atoms with Crippen LogP contribution in [0.1, 0.15) is 19.2 Å². The van der Waals surface area contributed by atoms with Crippen LogP contribution in [-0.4, -0.2) is 69.0 Å². The molecule has 6 nitrogen and oxygen atoms in total. The lowest BCUT2D eigenvalue weighted by Crippen LogP contribution is -2.37. The Labute approximate surface area is 147 Å². The van der Waals surface area contributed by atoms with Gasteiger partial charge in [-0.25, -0.2) is 18.7 Å². The van der Waals surface area contributed by atoms with E-state index in [4.69, 9.17) is 4.74 Å². The average Bonchev–Trinajstić information content (AvgIpc) is 2.62. The number of alkyl halides is 2. The normalized spacial score (nSPS) is 15.6. The van der Waals surface area contributed by atoms with Crippen molar-refractivity contribution >= 4 is 22.9 Å². The molecule has 0 unspecified atom stereocenters. The number of hydrogen-bond acceptors (Lipinski definition) is 6. The molecule has 2 rings (SSSR count). The summed E-state index contributed by atoms with van der Waals surface area (Å²) in [5, 5.41) is 0. The zero-order chi connectivity index (χ0) is 18.4. The van der Waals surface area contributed by atoms with Gasteiger partial charge < -0.3 is 14.5 Å². The highest BCUT2D eigenvalue weighted by atomic mass is 19.3. The fraction of sp³-hybridized carbons (Fsp3) is 0.588. The number of aliphatic imine (C=N–C) groups is 1. The molecule has 0 atom stereocenters. The Hall–Kier alpha value is -2.09. The van der Waals surface area contributed by atoms with Crippen molar-refractivity contribution < 1.29 is 13.5 Å². The van der Waals surface area contributed by atoms with Gasteiger partial charge in [0, 0.05) is 45.4 Å². The summed E-state index contributed by atoms with van der Waals surface area (Å²) in [6.45, 7) is 9.24. The Morgan fingerprint density at radius 1 is 1.40 bits per heavy atom. The van der Waals surface area contributed by atoms with Crippen molar-refractivity contribution in [1.29, 1.82) is 0 Å². The highest BCUT2D eigenvalue weighted by Crippen LogP contribution is 2.24. The van der Waals surface area contributed by atoms with Crippen LogP contribution in [0.4, 0.5) is 20.4 Å². The van der Waals surface area contributed by atoms with E-state index < -0.39 is 6.43 Å². The van der Waals surface area contributed by atoms with Crippen LogP contribution >= 0.6 is 0 Å². The molecule has 0 aliphatic carbocycles. The van der Waals surface area contributed by atoms with Crippen LogP contribution in [0, 0.1) is 0 Å². The van der Waals surface area contributed by atoms with Gasteiger partial charge in [-0.15, -0.1) is 0 Å². The Balaban J connectivity index is 2.43. The van der Waals surface area contributed by atoms with E-state index >= 15 is 0 Å². The van der Waals surface area contributed by atoms with Crippen molar-refractivity contribution in [1.82, 2.24) is 9.97 Å². The predicted octanol–water partition coefficient (Wildman–Crippen LogP) is 2.51. The summed E-state index contributed by atoms with van der Waals surface area (Å²) in [4.78, 5) is 16.6. The second-order valence-corrected chi connectivity index (χ2v) is 5.82. The molecule has 138 valence electrons. The molecule has 0 aromatic carbocycles. The third-order valence-corrected chi connectivity index (χ3v) is 4.01. The standard InChI is InChI=1S/C17H25F2N5O/c1-5-6-23(4)13-11-14(24-7-9-25-10-8-24)22-17(21-13)12(2)15(20-3)16(18)19/h11,16H,2,5-10H2,1,3-4H3. The van der Waals surface area contributed by atoms with Crippen molar-refractivity contribution in [3.8, 4) is 0 Å². The monoisotopic (exact) mass is 353 g/mol. The summed E-state index contributed by atoms with van der Waals surface area (Å²) >= 11 is 0. The van der Waals surface area contributed by atoms with Crippen LogP contribution in [0.2, 0.25) is 0 Å². The van der Waals surface area contributed by atoms with Crippen LogP contribution in [0.15, 0.2) is 17.6 Å². The van der Waals surface area contributed by atoms with E-state index in [-0.39, 0.29) is 17.1 Å². The summed E-state index contributed by atoms with van der Waals surface area (Å²) in [6, 6.07) is 1.88. The smallest absolute Gasteiger partial charge is 0.280 e. The lowest BCUT2D eigenvalue weighted by molar-refractivity contribution is 0.122. The first-order valence-electron chi connectivity index (χ1n) is 8.35. The number of rotatable bonds is 7. The lowest BCUT2D eigenvalue weighted by Gasteiger charge is -2.29. The molecule has 0 N–H and O–H groups in total. The third-order valence-electron chi connectivity index (χ3n) is 4.01. The molecule has 1 aromatic rings. The van der Waals surface area contributed by atoms with Crippen molar-refractivity contribution in [3.05, 3.63) is 18.5 Å². The minimum absolute atomic E-state index is 0.0544. The van der Waals surface area contributed by atoms with E-state index in [0.717, 1.165) is 13.0 Å². The van der Waals surface area contributed by atoms with Gasteiger partial charge in [0.25, 0.3) is 6.43 Å². The first-order valence-corrected chi connectivity index (χ1v) is 8.35. The summed E-state index contributed by atoms with van der Waals surface area (Å²) in [6.07, 6.45) is -1.77. The minimum atomic E-state index is -2.72. The molecule has 8 heteroatoms. The number of anilines is 2. The first kappa shape index (κ1) is 19.2. The average molecular weight is 353 g/mol. The summed E-state index contributed by atoms with van der Waals surface area (Å²) in [5.74, 6) is 1.55. The van der Waals surface area contributed by atoms with Crippen LogP contribution < -0.4 is 9.80 Å². The Bertz CT molecular complexity index is 629. The molecule has 1 aliphatic heterocycles. The highest BCUT2D eigenvalue weighted by molar-refractivity contribution is 6.23. The maximum Gasteiger partial charge on any atom is 0.280 e. The van der Waals surface area contributed by atoms with Crippen molar-refractivity contribution in [3.63, 3.8) is 0 Å². The molecule has 0 saturated carbocycles. The van der Waals surface area contributed by atoms with Crippen LogP contribution in [0.3, 0.4) is 0 Å². The van der Waals surface area contributed by atoms with E-state index in [9.17, 15) is 8.78 Å². The van der Waals surface area contributed by atoms with Gasteiger partial charge in [-0.3, -0.25) is 4.99 Å². The topological polar surface area (TPSA) is 53.9 Å². The molecule has 1 aliphatic rings. The van der Waals surface area contributed by atoms with Crippen molar-refractivity contribution in [2.75, 3.05) is 56.7 Å². The van der Waals surface area contributed by atoms with Crippen LogP contribution in [-0.2, 0) is 4.74 Å². The number of morpholine rings is 1. The third kappa shape index (κ3) is 4.72. The SMILES string of the molecule is C=C(C(=NC)C(F)F)c1nc(N(C)CCC)cc(N2CCOCC2)n1. The van der Waals surface area contributed by atoms with Crippen LogP contribution in [0.5, 0.6) is 0 Å². The quantitative estimate of drug-likeness (QED) is 0.705. The molecule has 2 heterocycles. The lowest BCUT2D eigenvalue weighted by atomic mass is 10.1. The minimum Gasteiger partial charge on any atom is -0.378 e. The summed E-state index contributed by atoms with van der Waals surface area (Å²) < 4.78 is 31.7. The molecule has 25 heavy (non-hydrogen) atoms. The highest BCUT2D eigenvalue weighted by Gasteiger charge is 2.22. The van der Waals surface area contributed by atoms with Gasteiger partial charge in [0.05, 0.1) is 13.2 Å². The van der Waals surface area contributed by atoms with E-state index in [1.165, 1.54) is 7.05 Å². The van der Waals surface area contributed by atoms with E-state index in [1.54, 1.807) is 0 Å². The van der Waals surface area contributed by atoms with Gasteiger partial charge in [-0.05, 0) is 6.42 Å². The van der Waals surface area contributed by atoms with Crippen molar-refractivity contribution in [2.45, 2.75) is 19.8 Å². The van der Waals surface area contributed by atoms with E-state index in [2.05, 4.69) is 33.4 Å². The van der Waals surface area contributed by atoms with Gasteiger partial charge in [0.2, 0.25) is 0 Å². The Morgan fingerprint density at radius 3 is 2.64 bits per heavy atom. The predicted molar refractivity (Wildman–Crippen MR) is 97.0 cm³/mol. The van der Waals surface area contributed by atoms with Gasteiger partial charge >= 0.3 is 0 Å². The van der Waals surface area contributed by atoms with Crippen molar-refractivity contribution in [2.24, 2.45) is 4.99 Å². The summed E-state index contributed by atoms with van der Waals surface area (Å²) in [7, 11) is 3.24. The molecular weight excluding hydrogens is 328 g/mol. The maximum atomic E-state index is 13.2. The molecule has 0 radical (unpaired) electrons.